The van der Waals surface area contributed by atoms with Crippen LogP contribution >= 0.6 is 0 Å². The topological polar surface area (TPSA) is 15.3 Å². The summed E-state index contributed by atoms with van der Waals surface area (Å²) in [5, 5.41) is 3.42. The van der Waals surface area contributed by atoms with Crippen LogP contribution in [0.5, 0.6) is 0 Å². The molecule has 1 aromatic rings. The molecule has 2 heteroatoms. The second-order valence-electron chi connectivity index (χ2n) is 5.37. The minimum atomic E-state index is 0.753. The fraction of sp³-hybridized carbons (Fsp3) is 0.625. The molecule has 1 aromatic carbocycles. The average Bonchev–Trinajstić information content (AvgIpc) is 2.45. The third kappa shape index (κ3) is 4.43. The maximum Gasteiger partial charge on any atom is 0.0110 e. The summed E-state index contributed by atoms with van der Waals surface area (Å²) in [6.07, 6.45) is 5.24. The monoisotopic (exact) mass is 246 g/mol. The maximum atomic E-state index is 3.42. The molecular formula is C16H26N2. The van der Waals surface area contributed by atoms with Crippen molar-refractivity contribution in [1.82, 2.24) is 10.2 Å². The first kappa shape index (κ1) is 13.6. The molecule has 2 rings (SSSR count). The molecule has 0 aliphatic carbocycles. The van der Waals surface area contributed by atoms with Gasteiger partial charge in [-0.05, 0) is 31.7 Å². The van der Waals surface area contributed by atoms with E-state index in [0.717, 1.165) is 19.1 Å². The highest BCUT2D eigenvalue weighted by atomic mass is 15.2. The van der Waals surface area contributed by atoms with E-state index in [1.807, 2.05) is 0 Å². The molecule has 1 aliphatic rings. The summed E-state index contributed by atoms with van der Waals surface area (Å²) in [4.78, 5) is 2.62. The van der Waals surface area contributed by atoms with Crippen LogP contribution in [0.4, 0.5) is 0 Å². The number of aryl methyl sites for hydroxylation is 1. The van der Waals surface area contributed by atoms with Crippen molar-refractivity contribution in [2.45, 2.75) is 38.6 Å². The Balaban J connectivity index is 1.60. The lowest BCUT2D eigenvalue weighted by Crippen LogP contribution is -2.47. The lowest BCUT2D eigenvalue weighted by molar-refractivity contribution is 0.174. The molecule has 0 amide bonds. The summed E-state index contributed by atoms with van der Waals surface area (Å²) < 4.78 is 0. The van der Waals surface area contributed by atoms with E-state index in [2.05, 4.69) is 47.5 Å². The van der Waals surface area contributed by atoms with Crippen molar-refractivity contribution in [1.29, 1.82) is 0 Å². The lowest BCUT2D eigenvalue weighted by atomic mass is 10.0. The Morgan fingerprint density at radius 1 is 1.11 bits per heavy atom. The summed E-state index contributed by atoms with van der Waals surface area (Å²) in [6.45, 7) is 7.15. The van der Waals surface area contributed by atoms with Gasteiger partial charge in [0.1, 0.15) is 0 Å². The van der Waals surface area contributed by atoms with E-state index in [1.165, 1.54) is 44.3 Å². The van der Waals surface area contributed by atoms with Crippen molar-refractivity contribution >= 4 is 0 Å². The Labute approximate surface area is 111 Å². The molecule has 0 bridgehead atoms. The Kier molecular flexibility index (Phi) is 5.69. The summed E-state index contributed by atoms with van der Waals surface area (Å²) in [7, 11) is 0. The second kappa shape index (κ2) is 7.55. The molecule has 1 saturated heterocycles. The molecule has 1 atom stereocenters. The molecule has 0 saturated carbocycles. The number of nitrogens with one attached hydrogen (secondary N) is 1. The van der Waals surface area contributed by atoms with Crippen LogP contribution in [0.2, 0.25) is 0 Å². The zero-order valence-electron chi connectivity index (χ0n) is 11.6. The van der Waals surface area contributed by atoms with Gasteiger partial charge in [-0.15, -0.1) is 0 Å². The molecule has 1 heterocycles. The van der Waals surface area contributed by atoms with E-state index in [9.17, 15) is 0 Å². The number of unbranched alkanes of at least 4 members (excludes halogenated alkanes) is 1. The average molecular weight is 246 g/mol. The first-order chi connectivity index (χ1) is 8.86. The number of nitrogens with zero attached hydrogens (tertiary/aromatic N) is 1. The zero-order chi connectivity index (χ0) is 12.6. The molecule has 1 unspecified atom stereocenters. The van der Waals surface area contributed by atoms with Crippen molar-refractivity contribution in [2.75, 3.05) is 26.2 Å². The molecule has 100 valence electrons. The third-order valence-corrected chi connectivity index (χ3v) is 3.96. The number of hydrogen-bond acceptors (Lipinski definition) is 2. The molecule has 1 aliphatic heterocycles. The molecule has 2 nitrogen and oxygen atoms in total. The highest BCUT2D eigenvalue weighted by Gasteiger charge is 2.15. The van der Waals surface area contributed by atoms with Crippen LogP contribution in [0.15, 0.2) is 30.3 Å². The smallest absolute Gasteiger partial charge is 0.0110 e. The first-order valence-electron chi connectivity index (χ1n) is 7.35. The quantitative estimate of drug-likeness (QED) is 0.776. The number of piperazine rings is 1. The minimum absolute atomic E-state index is 0.753. The van der Waals surface area contributed by atoms with Crippen molar-refractivity contribution in [2.24, 2.45) is 0 Å². The summed E-state index contributed by atoms with van der Waals surface area (Å²) >= 11 is 0. The van der Waals surface area contributed by atoms with Gasteiger partial charge in [-0.2, -0.15) is 0 Å². The lowest BCUT2D eigenvalue weighted by Gasteiger charge is -2.32. The molecular weight excluding hydrogens is 220 g/mol. The van der Waals surface area contributed by atoms with E-state index in [0.29, 0.717) is 0 Å². The SMILES string of the molecule is CC(CCCCc1ccccc1)N1CCNCC1. The minimum Gasteiger partial charge on any atom is -0.314 e. The fourth-order valence-corrected chi connectivity index (χ4v) is 2.72. The van der Waals surface area contributed by atoms with Gasteiger partial charge in [0.15, 0.2) is 0 Å². The van der Waals surface area contributed by atoms with Crippen LogP contribution in [0, 0.1) is 0 Å². The van der Waals surface area contributed by atoms with Crippen molar-refractivity contribution in [3.8, 4) is 0 Å². The summed E-state index contributed by atoms with van der Waals surface area (Å²) in [5.41, 5.74) is 1.48. The fourth-order valence-electron chi connectivity index (χ4n) is 2.72. The van der Waals surface area contributed by atoms with Crippen LogP contribution in [0.25, 0.3) is 0 Å². The van der Waals surface area contributed by atoms with E-state index in [4.69, 9.17) is 0 Å². The van der Waals surface area contributed by atoms with Crippen molar-refractivity contribution < 1.29 is 0 Å². The van der Waals surface area contributed by atoms with Crippen LogP contribution in [0.1, 0.15) is 31.7 Å². The van der Waals surface area contributed by atoms with Gasteiger partial charge in [-0.1, -0.05) is 36.8 Å². The highest BCUT2D eigenvalue weighted by Crippen LogP contribution is 2.11. The van der Waals surface area contributed by atoms with E-state index >= 15 is 0 Å². The van der Waals surface area contributed by atoms with Gasteiger partial charge < -0.3 is 5.32 Å². The van der Waals surface area contributed by atoms with Gasteiger partial charge in [0.05, 0.1) is 0 Å². The van der Waals surface area contributed by atoms with Gasteiger partial charge in [0.2, 0.25) is 0 Å². The predicted molar refractivity (Wildman–Crippen MR) is 77.9 cm³/mol. The van der Waals surface area contributed by atoms with Gasteiger partial charge in [0, 0.05) is 32.2 Å². The molecule has 1 fully saturated rings. The second-order valence-corrected chi connectivity index (χ2v) is 5.37. The van der Waals surface area contributed by atoms with Gasteiger partial charge >= 0.3 is 0 Å². The Hall–Kier alpha value is -0.860. The zero-order valence-corrected chi connectivity index (χ0v) is 11.6. The maximum absolute atomic E-state index is 3.42. The van der Waals surface area contributed by atoms with E-state index in [-0.39, 0.29) is 0 Å². The van der Waals surface area contributed by atoms with Crippen LogP contribution in [-0.4, -0.2) is 37.1 Å². The first-order valence-corrected chi connectivity index (χ1v) is 7.35. The van der Waals surface area contributed by atoms with Crippen LogP contribution in [0.3, 0.4) is 0 Å². The largest absolute Gasteiger partial charge is 0.314 e. The Bertz CT molecular complexity index is 317. The Morgan fingerprint density at radius 2 is 1.83 bits per heavy atom. The van der Waals surface area contributed by atoms with Gasteiger partial charge in [-0.25, -0.2) is 0 Å². The summed E-state index contributed by atoms with van der Waals surface area (Å²) in [6, 6.07) is 11.6. The molecule has 18 heavy (non-hydrogen) atoms. The molecule has 0 spiro atoms. The van der Waals surface area contributed by atoms with Crippen LogP contribution < -0.4 is 5.32 Å². The molecule has 1 N–H and O–H groups in total. The Morgan fingerprint density at radius 3 is 2.56 bits per heavy atom. The molecule has 0 aromatic heterocycles. The summed E-state index contributed by atoms with van der Waals surface area (Å²) in [5.74, 6) is 0. The van der Waals surface area contributed by atoms with E-state index < -0.39 is 0 Å². The van der Waals surface area contributed by atoms with Crippen molar-refractivity contribution in [3.63, 3.8) is 0 Å². The predicted octanol–water partition coefficient (Wildman–Crippen LogP) is 2.69. The molecule has 0 radical (unpaired) electrons. The standard InChI is InChI=1S/C16H26N2/c1-15(18-13-11-17-12-14-18)7-5-6-10-16-8-3-2-4-9-16/h2-4,8-9,15,17H,5-7,10-14H2,1H3. The van der Waals surface area contributed by atoms with E-state index in [1.54, 1.807) is 0 Å². The van der Waals surface area contributed by atoms with Gasteiger partial charge in [0.25, 0.3) is 0 Å². The number of rotatable bonds is 6. The number of benzene rings is 1. The van der Waals surface area contributed by atoms with Crippen LogP contribution in [-0.2, 0) is 6.42 Å². The van der Waals surface area contributed by atoms with Gasteiger partial charge in [-0.3, -0.25) is 4.90 Å². The highest BCUT2D eigenvalue weighted by molar-refractivity contribution is 5.14. The van der Waals surface area contributed by atoms with Crippen molar-refractivity contribution in [3.05, 3.63) is 35.9 Å². The number of hydrogen-bond donors (Lipinski definition) is 1. The normalized spacial score (nSPS) is 18.7. The third-order valence-electron chi connectivity index (χ3n) is 3.96.